The van der Waals surface area contributed by atoms with E-state index in [1.807, 2.05) is 6.07 Å². The third-order valence-corrected chi connectivity index (χ3v) is 4.93. The molecule has 0 N–H and O–H groups in total. The monoisotopic (exact) mass is 422 g/mol. The average molecular weight is 423 g/mol. The van der Waals surface area contributed by atoms with Crippen molar-refractivity contribution in [2.75, 3.05) is 39.9 Å². The van der Waals surface area contributed by atoms with Crippen LogP contribution in [0.2, 0.25) is 5.02 Å². The van der Waals surface area contributed by atoms with Crippen molar-refractivity contribution in [2.24, 2.45) is 0 Å². The van der Waals surface area contributed by atoms with E-state index in [4.69, 9.17) is 16.3 Å². The lowest BCUT2D eigenvalue weighted by atomic mass is 10.2. The van der Waals surface area contributed by atoms with Crippen LogP contribution in [0.25, 0.3) is 0 Å². The Bertz CT molecular complexity index is 545. The quantitative estimate of drug-likeness (QED) is 0.699. The minimum atomic E-state index is -0.0489. The molecule has 1 aliphatic rings. The van der Waals surface area contributed by atoms with E-state index < -0.39 is 0 Å². The van der Waals surface area contributed by atoms with Gasteiger partial charge in [-0.25, -0.2) is 0 Å². The number of carbonyl (C=O) groups is 2. The van der Waals surface area contributed by atoms with E-state index in [9.17, 15) is 9.59 Å². The molecule has 0 bridgehead atoms. The van der Waals surface area contributed by atoms with Gasteiger partial charge in [0.25, 0.3) is 5.91 Å². The molecule has 0 aromatic heterocycles. The van der Waals surface area contributed by atoms with Crippen molar-refractivity contribution in [3.8, 4) is 0 Å². The largest absolute Gasteiger partial charge is 0.375 e. The van der Waals surface area contributed by atoms with Crippen LogP contribution in [0.5, 0.6) is 0 Å². The molecule has 1 aromatic carbocycles. The normalized spacial score (nSPS) is 15.2. The molecule has 2 rings (SSSR count). The Morgan fingerprint density at radius 1 is 1.24 bits per heavy atom. The zero-order valence-corrected chi connectivity index (χ0v) is 14.6. The number of amides is 2. The van der Waals surface area contributed by atoms with Crippen molar-refractivity contribution in [2.45, 2.75) is 0 Å². The van der Waals surface area contributed by atoms with Gasteiger partial charge in [-0.3, -0.25) is 9.59 Å². The Balaban J connectivity index is 1.97. The van der Waals surface area contributed by atoms with Crippen molar-refractivity contribution >= 4 is 46.0 Å². The summed E-state index contributed by atoms with van der Waals surface area (Å²) in [5, 5.41) is 0.579. The fourth-order valence-electron chi connectivity index (χ4n) is 2.19. The van der Waals surface area contributed by atoms with Crippen molar-refractivity contribution in [3.05, 3.63) is 32.4 Å². The first-order valence-corrected chi connectivity index (χ1v) is 7.99. The smallest absolute Gasteiger partial charge is 0.254 e. The predicted octanol–water partition coefficient (Wildman–Crippen LogP) is 1.88. The average Bonchev–Trinajstić information content (AvgIpc) is 2.50. The summed E-state index contributed by atoms with van der Waals surface area (Å²) in [5.41, 5.74) is 0.581. The molecule has 2 amide bonds. The first kappa shape index (κ1) is 16.5. The molecule has 0 atom stereocenters. The maximum absolute atomic E-state index is 12.4. The number of benzene rings is 1. The number of ether oxygens (including phenoxy) is 1. The second-order valence-electron chi connectivity index (χ2n) is 4.73. The fraction of sp³-hybridized carbons (Fsp3) is 0.429. The van der Waals surface area contributed by atoms with E-state index in [0.29, 0.717) is 36.8 Å². The van der Waals surface area contributed by atoms with Crippen LogP contribution in [0, 0.1) is 3.57 Å². The van der Waals surface area contributed by atoms with Gasteiger partial charge in [0.05, 0.1) is 5.02 Å². The molecule has 1 saturated heterocycles. The number of nitrogens with zero attached hydrogens (tertiary/aromatic N) is 2. The molecule has 0 radical (unpaired) electrons. The van der Waals surface area contributed by atoms with E-state index in [1.165, 1.54) is 7.11 Å². The minimum Gasteiger partial charge on any atom is -0.375 e. The van der Waals surface area contributed by atoms with E-state index in [-0.39, 0.29) is 18.4 Å². The zero-order chi connectivity index (χ0) is 15.4. The summed E-state index contributed by atoms with van der Waals surface area (Å²) < 4.78 is 5.76. The number of rotatable bonds is 3. The van der Waals surface area contributed by atoms with Gasteiger partial charge < -0.3 is 14.5 Å². The van der Waals surface area contributed by atoms with Gasteiger partial charge in [0.15, 0.2) is 0 Å². The molecule has 21 heavy (non-hydrogen) atoms. The van der Waals surface area contributed by atoms with E-state index in [0.717, 1.165) is 3.57 Å². The molecule has 1 fully saturated rings. The molecule has 0 unspecified atom stereocenters. The predicted molar refractivity (Wildman–Crippen MR) is 88.5 cm³/mol. The van der Waals surface area contributed by atoms with Crippen LogP contribution in [0.4, 0.5) is 0 Å². The van der Waals surface area contributed by atoms with E-state index in [2.05, 4.69) is 22.6 Å². The first-order chi connectivity index (χ1) is 10.0. The lowest BCUT2D eigenvalue weighted by Gasteiger charge is -2.34. The Morgan fingerprint density at radius 2 is 1.86 bits per heavy atom. The highest BCUT2D eigenvalue weighted by molar-refractivity contribution is 14.1. The molecule has 1 aliphatic heterocycles. The molecular formula is C14H16ClIN2O3. The number of methoxy groups -OCH3 is 1. The van der Waals surface area contributed by atoms with Gasteiger partial charge in [0.2, 0.25) is 5.91 Å². The summed E-state index contributed by atoms with van der Waals surface area (Å²) in [7, 11) is 1.50. The summed E-state index contributed by atoms with van der Waals surface area (Å²) in [5.74, 6) is -0.0888. The summed E-state index contributed by atoms with van der Waals surface area (Å²) in [6, 6.07) is 5.29. The van der Waals surface area contributed by atoms with E-state index >= 15 is 0 Å². The highest BCUT2D eigenvalue weighted by atomic mass is 127. The highest BCUT2D eigenvalue weighted by Gasteiger charge is 2.24. The van der Waals surface area contributed by atoms with Crippen LogP contribution in [0.1, 0.15) is 10.4 Å². The second kappa shape index (κ2) is 7.42. The van der Waals surface area contributed by atoms with Gasteiger partial charge in [0, 0.05) is 42.4 Å². The molecule has 7 heteroatoms. The van der Waals surface area contributed by atoms with Gasteiger partial charge in [-0.15, -0.1) is 0 Å². The minimum absolute atomic E-state index is 0.0399. The maximum Gasteiger partial charge on any atom is 0.254 e. The Hall–Kier alpha value is -0.860. The Morgan fingerprint density at radius 3 is 2.43 bits per heavy atom. The molecule has 0 aliphatic carbocycles. The number of carbonyl (C=O) groups excluding carboxylic acids is 2. The van der Waals surface area contributed by atoms with Crippen LogP contribution in [-0.2, 0) is 9.53 Å². The first-order valence-electron chi connectivity index (χ1n) is 6.54. The van der Waals surface area contributed by atoms with Crippen molar-refractivity contribution in [1.29, 1.82) is 0 Å². The van der Waals surface area contributed by atoms with Gasteiger partial charge in [0.1, 0.15) is 6.61 Å². The molecule has 0 saturated carbocycles. The number of halogens is 2. The van der Waals surface area contributed by atoms with Crippen LogP contribution in [-0.4, -0.2) is 61.5 Å². The summed E-state index contributed by atoms with van der Waals surface area (Å²) in [4.78, 5) is 27.6. The molecule has 5 nitrogen and oxygen atoms in total. The SMILES string of the molecule is COCC(=O)N1CCN(C(=O)c2ccc(I)c(Cl)c2)CC1. The standard InChI is InChI=1S/C14H16ClIN2O3/c1-21-9-13(19)17-4-6-18(7-5-17)14(20)10-2-3-12(16)11(15)8-10/h2-3,8H,4-7,9H2,1H3. The van der Waals surface area contributed by atoms with Gasteiger partial charge >= 0.3 is 0 Å². The third kappa shape index (κ3) is 4.08. The van der Waals surface area contributed by atoms with Gasteiger partial charge in [-0.2, -0.15) is 0 Å². The van der Waals surface area contributed by atoms with Crippen molar-refractivity contribution in [1.82, 2.24) is 9.80 Å². The van der Waals surface area contributed by atoms with Crippen molar-refractivity contribution < 1.29 is 14.3 Å². The summed E-state index contributed by atoms with van der Waals surface area (Å²) >= 11 is 8.17. The highest BCUT2D eigenvalue weighted by Crippen LogP contribution is 2.20. The molecule has 0 spiro atoms. The molecular weight excluding hydrogens is 407 g/mol. The van der Waals surface area contributed by atoms with Crippen LogP contribution >= 0.6 is 34.2 Å². The zero-order valence-electron chi connectivity index (χ0n) is 11.6. The number of hydrogen-bond acceptors (Lipinski definition) is 3. The van der Waals surface area contributed by atoms with Crippen LogP contribution in [0.15, 0.2) is 18.2 Å². The number of piperazine rings is 1. The Kier molecular flexibility index (Phi) is 5.83. The summed E-state index contributed by atoms with van der Waals surface area (Å²) in [6.07, 6.45) is 0. The van der Waals surface area contributed by atoms with Gasteiger partial charge in [-0.1, -0.05) is 11.6 Å². The second-order valence-corrected chi connectivity index (χ2v) is 6.30. The molecule has 114 valence electrons. The summed E-state index contributed by atoms with van der Waals surface area (Å²) in [6.45, 7) is 2.20. The van der Waals surface area contributed by atoms with Crippen molar-refractivity contribution in [3.63, 3.8) is 0 Å². The topological polar surface area (TPSA) is 49.9 Å². The van der Waals surface area contributed by atoms with Gasteiger partial charge in [-0.05, 0) is 40.8 Å². The van der Waals surface area contributed by atoms with Crippen LogP contribution in [0.3, 0.4) is 0 Å². The molecule has 1 heterocycles. The lowest BCUT2D eigenvalue weighted by Crippen LogP contribution is -2.51. The van der Waals surface area contributed by atoms with E-state index in [1.54, 1.807) is 21.9 Å². The van der Waals surface area contributed by atoms with Crippen LogP contribution < -0.4 is 0 Å². The Labute approximate surface area is 142 Å². The molecule has 1 aromatic rings. The number of hydrogen-bond donors (Lipinski definition) is 0. The maximum atomic E-state index is 12.4. The lowest BCUT2D eigenvalue weighted by molar-refractivity contribution is -0.136. The third-order valence-electron chi connectivity index (χ3n) is 3.35. The fourth-order valence-corrected chi connectivity index (χ4v) is 2.70.